The van der Waals surface area contributed by atoms with E-state index in [-0.39, 0.29) is 6.04 Å². The molecule has 0 spiro atoms. The van der Waals surface area contributed by atoms with Gasteiger partial charge in [0.2, 0.25) is 0 Å². The SMILES string of the molecule is CCN(C)C(C#N)COC. The average Bonchev–Trinajstić information content (AvgIpc) is 1.99. The lowest BCUT2D eigenvalue weighted by atomic mass is 10.3. The zero-order chi connectivity index (χ0) is 7.98. The van der Waals surface area contributed by atoms with Gasteiger partial charge in [0, 0.05) is 7.11 Å². The van der Waals surface area contributed by atoms with E-state index in [4.69, 9.17) is 10.00 Å². The molecule has 0 aliphatic heterocycles. The van der Waals surface area contributed by atoms with Crippen molar-refractivity contribution in [1.82, 2.24) is 4.90 Å². The highest BCUT2D eigenvalue weighted by Crippen LogP contribution is 1.93. The average molecular weight is 142 g/mol. The largest absolute Gasteiger partial charge is 0.382 e. The Morgan fingerprint density at radius 2 is 2.30 bits per heavy atom. The Labute approximate surface area is 62.2 Å². The smallest absolute Gasteiger partial charge is 0.121 e. The van der Waals surface area contributed by atoms with Crippen LogP contribution in [0.3, 0.4) is 0 Å². The summed E-state index contributed by atoms with van der Waals surface area (Å²) in [6, 6.07) is 2.05. The molecule has 0 rings (SSSR count). The summed E-state index contributed by atoms with van der Waals surface area (Å²) in [7, 11) is 3.51. The molecule has 10 heavy (non-hydrogen) atoms. The minimum absolute atomic E-state index is 0.102. The molecule has 0 bridgehead atoms. The van der Waals surface area contributed by atoms with Crippen LogP contribution in [0.2, 0.25) is 0 Å². The monoisotopic (exact) mass is 142 g/mol. The van der Waals surface area contributed by atoms with Gasteiger partial charge in [-0.15, -0.1) is 0 Å². The van der Waals surface area contributed by atoms with Crippen molar-refractivity contribution in [3.8, 4) is 6.07 Å². The molecule has 3 heteroatoms. The molecule has 58 valence electrons. The second-order valence-electron chi connectivity index (χ2n) is 2.17. The standard InChI is InChI=1S/C7H14N2O/c1-4-9(2)7(5-8)6-10-3/h7H,4,6H2,1-3H3. The van der Waals surface area contributed by atoms with Crippen LogP contribution < -0.4 is 0 Å². The van der Waals surface area contributed by atoms with Gasteiger partial charge in [-0.05, 0) is 13.6 Å². The summed E-state index contributed by atoms with van der Waals surface area (Å²) in [5.41, 5.74) is 0. The van der Waals surface area contributed by atoms with Crippen LogP contribution >= 0.6 is 0 Å². The van der Waals surface area contributed by atoms with Crippen LogP contribution in [0.5, 0.6) is 0 Å². The highest BCUT2D eigenvalue weighted by atomic mass is 16.5. The van der Waals surface area contributed by atoms with Crippen molar-refractivity contribution >= 4 is 0 Å². The van der Waals surface area contributed by atoms with Crippen LogP contribution in [0, 0.1) is 11.3 Å². The van der Waals surface area contributed by atoms with E-state index in [0.717, 1.165) is 6.54 Å². The molecule has 1 atom stereocenters. The first-order valence-corrected chi connectivity index (χ1v) is 3.35. The van der Waals surface area contributed by atoms with E-state index in [1.807, 2.05) is 18.9 Å². The number of nitrogens with zero attached hydrogens (tertiary/aromatic N) is 2. The highest BCUT2D eigenvalue weighted by molar-refractivity contribution is 4.89. The molecule has 0 heterocycles. The molecule has 0 amide bonds. The van der Waals surface area contributed by atoms with Crippen LogP contribution in [0.4, 0.5) is 0 Å². The maximum Gasteiger partial charge on any atom is 0.121 e. The fraction of sp³-hybridized carbons (Fsp3) is 0.857. The predicted molar refractivity (Wildman–Crippen MR) is 39.6 cm³/mol. The molecule has 1 unspecified atom stereocenters. The Kier molecular flexibility index (Phi) is 4.91. The third kappa shape index (κ3) is 2.81. The summed E-state index contributed by atoms with van der Waals surface area (Å²) in [4.78, 5) is 1.95. The Bertz CT molecular complexity index is 119. The normalized spacial score (nSPS) is 13.1. The quantitative estimate of drug-likeness (QED) is 0.572. The molecule has 0 fully saturated rings. The molecule has 0 radical (unpaired) electrons. The molecule has 0 aromatic heterocycles. The number of hydrogen-bond acceptors (Lipinski definition) is 3. The summed E-state index contributed by atoms with van der Waals surface area (Å²) in [5, 5.41) is 8.59. The molecule has 0 N–H and O–H groups in total. The Morgan fingerprint density at radius 1 is 1.70 bits per heavy atom. The van der Waals surface area contributed by atoms with Crippen molar-refractivity contribution in [2.24, 2.45) is 0 Å². The molecular formula is C7H14N2O. The van der Waals surface area contributed by atoms with Crippen molar-refractivity contribution < 1.29 is 4.74 Å². The lowest BCUT2D eigenvalue weighted by molar-refractivity contribution is 0.135. The van der Waals surface area contributed by atoms with Gasteiger partial charge in [-0.1, -0.05) is 6.92 Å². The first-order valence-electron chi connectivity index (χ1n) is 3.35. The molecular weight excluding hydrogens is 128 g/mol. The van der Waals surface area contributed by atoms with E-state index >= 15 is 0 Å². The Hall–Kier alpha value is -0.590. The number of ether oxygens (including phenoxy) is 1. The Morgan fingerprint density at radius 3 is 2.60 bits per heavy atom. The van der Waals surface area contributed by atoms with Crippen LogP contribution in [0.25, 0.3) is 0 Å². The van der Waals surface area contributed by atoms with Gasteiger partial charge in [-0.25, -0.2) is 0 Å². The van der Waals surface area contributed by atoms with Gasteiger partial charge < -0.3 is 4.74 Å². The van der Waals surface area contributed by atoms with Crippen molar-refractivity contribution in [1.29, 1.82) is 5.26 Å². The maximum absolute atomic E-state index is 8.59. The first-order chi connectivity index (χ1) is 4.76. The van der Waals surface area contributed by atoms with Crippen molar-refractivity contribution in [2.75, 3.05) is 27.3 Å². The predicted octanol–water partition coefficient (Wildman–Crippen LogP) is 0.477. The van der Waals surface area contributed by atoms with Gasteiger partial charge in [0.1, 0.15) is 6.04 Å². The molecule has 0 saturated carbocycles. The molecule has 0 aliphatic rings. The van der Waals surface area contributed by atoms with Gasteiger partial charge in [0.25, 0.3) is 0 Å². The minimum Gasteiger partial charge on any atom is -0.382 e. The molecule has 0 aromatic rings. The van der Waals surface area contributed by atoms with Crippen LogP contribution in [0.15, 0.2) is 0 Å². The van der Waals surface area contributed by atoms with Crippen LogP contribution in [-0.2, 0) is 4.74 Å². The number of rotatable bonds is 4. The summed E-state index contributed by atoms with van der Waals surface area (Å²) in [6.45, 7) is 3.38. The summed E-state index contributed by atoms with van der Waals surface area (Å²) >= 11 is 0. The molecule has 0 aliphatic carbocycles. The second-order valence-corrected chi connectivity index (χ2v) is 2.17. The summed E-state index contributed by atoms with van der Waals surface area (Å²) < 4.78 is 4.85. The Balaban J connectivity index is 3.71. The van der Waals surface area contributed by atoms with E-state index in [2.05, 4.69) is 6.07 Å². The third-order valence-electron chi connectivity index (χ3n) is 1.50. The second kappa shape index (κ2) is 5.21. The summed E-state index contributed by atoms with van der Waals surface area (Å²) in [6.07, 6.45) is 0. The number of methoxy groups -OCH3 is 1. The number of hydrogen-bond donors (Lipinski definition) is 0. The van der Waals surface area contributed by atoms with E-state index in [1.165, 1.54) is 0 Å². The van der Waals surface area contributed by atoms with E-state index in [0.29, 0.717) is 6.61 Å². The van der Waals surface area contributed by atoms with Crippen molar-refractivity contribution in [2.45, 2.75) is 13.0 Å². The van der Waals surface area contributed by atoms with E-state index in [1.54, 1.807) is 7.11 Å². The van der Waals surface area contributed by atoms with E-state index in [9.17, 15) is 0 Å². The van der Waals surface area contributed by atoms with Crippen LogP contribution in [-0.4, -0.2) is 38.3 Å². The van der Waals surface area contributed by atoms with Crippen molar-refractivity contribution in [3.63, 3.8) is 0 Å². The number of likely N-dealkylation sites (N-methyl/N-ethyl adjacent to an activating group) is 1. The maximum atomic E-state index is 8.59. The molecule has 3 nitrogen and oxygen atoms in total. The van der Waals surface area contributed by atoms with Gasteiger partial charge >= 0.3 is 0 Å². The van der Waals surface area contributed by atoms with Gasteiger partial charge in [-0.3, -0.25) is 4.90 Å². The highest BCUT2D eigenvalue weighted by Gasteiger charge is 2.10. The minimum atomic E-state index is -0.102. The zero-order valence-corrected chi connectivity index (χ0v) is 6.79. The van der Waals surface area contributed by atoms with E-state index < -0.39 is 0 Å². The zero-order valence-electron chi connectivity index (χ0n) is 6.79. The summed E-state index contributed by atoms with van der Waals surface area (Å²) in [5.74, 6) is 0. The van der Waals surface area contributed by atoms with Gasteiger partial charge in [0.05, 0.1) is 12.7 Å². The first kappa shape index (κ1) is 9.41. The lowest BCUT2D eigenvalue weighted by Gasteiger charge is -2.18. The molecule has 0 saturated heterocycles. The lowest BCUT2D eigenvalue weighted by Crippen LogP contribution is -2.33. The topological polar surface area (TPSA) is 36.3 Å². The van der Waals surface area contributed by atoms with Gasteiger partial charge in [0.15, 0.2) is 0 Å². The van der Waals surface area contributed by atoms with Crippen molar-refractivity contribution in [3.05, 3.63) is 0 Å². The fourth-order valence-electron chi connectivity index (χ4n) is 0.641. The third-order valence-corrected chi connectivity index (χ3v) is 1.50. The number of nitriles is 1. The fourth-order valence-corrected chi connectivity index (χ4v) is 0.641. The van der Waals surface area contributed by atoms with Gasteiger partial charge in [-0.2, -0.15) is 5.26 Å². The van der Waals surface area contributed by atoms with Crippen LogP contribution in [0.1, 0.15) is 6.92 Å². The molecule has 0 aromatic carbocycles.